The van der Waals surface area contributed by atoms with Crippen LogP contribution in [0.1, 0.15) is 33.6 Å². The summed E-state index contributed by atoms with van der Waals surface area (Å²) in [6, 6.07) is 2.23. The summed E-state index contributed by atoms with van der Waals surface area (Å²) < 4.78 is 4.88. The molecule has 15 heavy (non-hydrogen) atoms. The van der Waals surface area contributed by atoms with E-state index in [0.717, 1.165) is 13.0 Å². The van der Waals surface area contributed by atoms with Crippen molar-refractivity contribution in [2.75, 3.05) is 19.7 Å². The summed E-state index contributed by atoms with van der Waals surface area (Å²) in [5.74, 6) is -0.212. The average Bonchev–Trinajstić information content (AvgIpc) is 2.18. The van der Waals surface area contributed by atoms with Crippen molar-refractivity contribution in [3.05, 3.63) is 0 Å². The second-order valence-corrected chi connectivity index (χ2v) is 3.49. The van der Waals surface area contributed by atoms with E-state index in [1.165, 1.54) is 0 Å². The maximum atomic E-state index is 11.3. The molecule has 0 aliphatic heterocycles. The molecule has 0 aromatic rings. The van der Waals surface area contributed by atoms with Crippen molar-refractivity contribution in [2.45, 2.75) is 39.7 Å². The largest absolute Gasteiger partial charge is 0.465 e. The molecule has 0 aromatic carbocycles. The fraction of sp³-hybridized carbons (Fsp3) is 0.818. The minimum Gasteiger partial charge on any atom is -0.465 e. The Labute approximate surface area is 91.8 Å². The average molecular weight is 212 g/mol. The van der Waals surface area contributed by atoms with Gasteiger partial charge in [-0.2, -0.15) is 5.26 Å². The summed E-state index contributed by atoms with van der Waals surface area (Å²) in [5.41, 5.74) is 0. The molecule has 0 radical (unpaired) electrons. The molecule has 0 aliphatic rings. The molecular weight excluding hydrogens is 192 g/mol. The number of rotatable bonds is 7. The van der Waals surface area contributed by atoms with Crippen molar-refractivity contribution in [3.63, 3.8) is 0 Å². The van der Waals surface area contributed by atoms with Crippen molar-refractivity contribution in [3.8, 4) is 6.07 Å². The summed E-state index contributed by atoms with van der Waals surface area (Å²) in [4.78, 5) is 13.3. The Morgan fingerprint density at radius 3 is 2.67 bits per heavy atom. The van der Waals surface area contributed by atoms with Gasteiger partial charge in [-0.05, 0) is 26.8 Å². The minimum atomic E-state index is -0.212. The molecule has 0 N–H and O–H groups in total. The molecule has 0 fully saturated rings. The molecule has 4 nitrogen and oxygen atoms in total. The first kappa shape index (κ1) is 13.9. The van der Waals surface area contributed by atoms with E-state index in [1.54, 1.807) is 6.92 Å². The van der Waals surface area contributed by atoms with Gasteiger partial charge >= 0.3 is 5.97 Å². The van der Waals surface area contributed by atoms with Gasteiger partial charge in [-0.25, -0.2) is 0 Å². The third-order valence-corrected chi connectivity index (χ3v) is 2.16. The fourth-order valence-corrected chi connectivity index (χ4v) is 1.38. The predicted molar refractivity (Wildman–Crippen MR) is 58.2 cm³/mol. The molecule has 0 aromatic heterocycles. The highest BCUT2D eigenvalue weighted by Crippen LogP contribution is 2.04. The lowest BCUT2D eigenvalue weighted by molar-refractivity contribution is -0.145. The van der Waals surface area contributed by atoms with E-state index in [9.17, 15) is 4.79 Å². The monoisotopic (exact) mass is 212 g/mol. The molecule has 0 aliphatic carbocycles. The lowest BCUT2D eigenvalue weighted by Gasteiger charge is -2.25. The van der Waals surface area contributed by atoms with Crippen molar-refractivity contribution in [1.29, 1.82) is 5.26 Å². The predicted octanol–water partition coefficient (Wildman–Crippen LogP) is 1.56. The highest BCUT2D eigenvalue weighted by atomic mass is 16.5. The van der Waals surface area contributed by atoms with Gasteiger partial charge in [-0.15, -0.1) is 0 Å². The molecule has 1 atom stereocenters. The molecule has 0 amide bonds. The highest BCUT2D eigenvalue weighted by molar-refractivity contribution is 5.71. The fourth-order valence-electron chi connectivity index (χ4n) is 1.38. The molecule has 0 rings (SSSR count). The summed E-state index contributed by atoms with van der Waals surface area (Å²) >= 11 is 0. The molecule has 0 heterocycles. The first-order valence-corrected chi connectivity index (χ1v) is 5.42. The second kappa shape index (κ2) is 8.25. The number of carbonyl (C=O) groups excluding carboxylic acids is 1. The van der Waals surface area contributed by atoms with Crippen LogP contribution in [0, 0.1) is 11.3 Å². The Balaban J connectivity index is 4.14. The van der Waals surface area contributed by atoms with Crippen LogP contribution >= 0.6 is 0 Å². The van der Waals surface area contributed by atoms with Crippen LogP contribution in [0.15, 0.2) is 0 Å². The van der Waals surface area contributed by atoms with Crippen molar-refractivity contribution in [2.24, 2.45) is 0 Å². The Kier molecular flexibility index (Phi) is 7.65. The summed E-state index contributed by atoms with van der Waals surface area (Å²) in [5, 5.41) is 8.60. The Morgan fingerprint density at radius 1 is 1.53 bits per heavy atom. The van der Waals surface area contributed by atoms with Crippen LogP contribution in [0.2, 0.25) is 0 Å². The number of hydrogen-bond donors (Lipinski definition) is 0. The highest BCUT2D eigenvalue weighted by Gasteiger charge is 2.16. The van der Waals surface area contributed by atoms with Crippen molar-refractivity contribution in [1.82, 2.24) is 4.90 Å². The molecule has 0 spiro atoms. The Morgan fingerprint density at radius 2 is 2.20 bits per heavy atom. The Hall–Kier alpha value is -1.08. The van der Waals surface area contributed by atoms with Crippen molar-refractivity contribution < 1.29 is 9.53 Å². The van der Waals surface area contributed by atoms with Gasteiger partial charge in [0.25, 0.3) is 0 Å². The zero-order valence-electron chi connectivity index (χ0n) is 9.82. The first-order valence-electron chi connectivity index (χ1n) is 5.42. The summed E-state index contributed by atoms with van der Waals surface area (Å²) in [6.07, 6.45) is 1.41. The number of hydrogen-bond acceptors (Lipinski definition) is 4. The molecule has 4 heteroatoms. The molecule has 1 unspecified atom stereocenters. The maximum Gasteiger partial charge on any atom is 0.320 e. The normalized spacial score (nSPS) is 12.2. The molecule has 0 bridgehead atoms. The van der Waals surface area contributed by atoms with Gasteiger partial charge in [0.15, 0.2) is 0 Å². The minimum absolute atomic E-state index is 0.111. The molecular formula is C11H20N2O2. The second-order valence-electron chi connectivity index (χ2n) is 3.49. The van der Waals surface area contributed by atoms with Gasteiger partial charge in [0, 0.05) is 6.04 Å². The molecule has 0 saturated carbocycles. The van der Waals surface area contributed by atoms with Crippen LogP contribution in [-0.4, -0.2) is 36.6 Å². The number of nitrogens with zero attached hydrogens (tertiary/aromatic N) is 2. The third-order valence-electron chi connectivity index (χ3n) is 2.16. The zero-order chi connectivity index (χ0) is 11.7. The van der Waals surface area contributed by atoms with Crippen LogP contribution in [0.4, 0.5) is 0 Å². The quantitative estimate of drug-likeness (QED) is 0.601. The topological polar surface area (TPSA) is 53.3 Å². The molecule has 0 saturated heterocycles. The summed E-state index contributed by atoms with van der Waals surface area (Å²) in [7, 11) is 0. The first-order chi connectivity index (χ1) is 7.15. The van der Waals surface area contributed by atoms with Gasteiger partial charge in [0.2, 0.25) is 0 Å². The number of carbonyl (C=O) groups is 1. The van der Waals surface area contributed by atoms with Gasteiger partial charge in [-0.1, -0.05) is 6.92 Å². The standard InChI is InChI=1S/C11H20N2O2/c1-4-8-13(10(3)6-7-12)9-11(14)15-5-2/h10H,4-6,8-9H2,1-3H3. The van der Waals surface area contributed by atoms with Gasteiger partial charge in [0.1, 0.15) is 0 Å². The number of ether oxygens (including phenoxy) is 1. The van der Waals surface area contributed by atoms with E-state index >= 15 is 0 Å². The molecule has 86 valence electrons. The van der Waals surface area contributed by atoms with Crippen LogP contribution in [-0.2, 0) is 9.53 Å². The van der Waals surface area contributed by atoms with Crippen molar-refractivity contribution >= 4 is 5.97 Å². The lowest BCUT2D eigenvalue weighted by atomic mass is 10.2. The van der Waals surface area contributed by atoms with Gasteiger partial charge in [0.05, 0.1) is 25.6 Å². The smallest absolute Gasteiger partial charge is 0.320 e. The SMILES string of the molecule is CCCN(CC(=O)OCC)C(C)CC#N. The van der Waals surface area contributed by atoms with Gasteiger partial charge < -0.3 is 4.74 Å². The van der Waals surface area contributed by atoms with Crippen LogP contribution in [0.3, 0.4) is 0 Å². The van der Waals surface area contributed by atoms with E-state index in [2.05, 4.69) is 13.0 Å². The Bertz CT molecular complexity index is 223. The van der Waals surface area contributed by atoms with Gasteiger partial charge in [-0.3, -0.25) is 9.69 Å². The summed E-state index contributed by atoms with van der Waals surface area (Å²) in [6.45, 7) is 7.31. The van der Waals surface area contributed by atoms with Crippen LogP contribution in [0.25, 0.3) is 0 Å². The maximum absolute atomic E-state index is 11.3. The van der Waals surface area contributed by atoms with Crippen LogP contribution in [0.5, 0.6) is 0 Å². The number of esters is 1. The van der Waals surface area contributed by atoms with E-state index < -0.39 is 0 Å². The van der Waals surface area contributed by atoms with E-state index in [0.29, 0.717) is 13.0 Å². The zero-order valence-corrected chi connectivity index (χ0v) is 9.82. The lowest BCUT2D eigenvalue weighted by Crippen LogP contribution is -2.38. The third kappa shape index (κ3) is 6.08. The van der Waals surface area contributed by atoms with E-state index in [-0.39, 0.29) is 18.6 Å². The van der Waals surface area contributed by atoms with E-state index in [1.807, 2.05) is 11.8 Å². The van der Waals surface area contributed by atoms with E-state index in [4.69, 9.17) is 10.00 Å². The van der Waals surface area contributed by atoms with Crippen LogP contribution < -0.4 is 0 Å². The number of nitriles is 1.